The van der Waals surface area contributed by atoms with Crippen molar-refractivity contribution in [2.24, 2.45) is 16.9 Å². The Morgan fingerprint density at radius 3 is 1.71 bits per heavy atom. The van der Waals surface area contributed by atoms with Crippen LogP contribution in [0.3, 0.4) is 0 Å². The van der Waals surface area contributed by atoms with E-state index in [1.54, 1.807) is 12.1 Å². The van der Waals surface area contributed by atoms with Crippen LogP contribution in [0.25, 0.3) is 0 Å². The predicted octanol–water partition coefficient (Wildman–Crippen LogP) is 5.52. The van der Waals surface area contributed by atoms with Crippen molar-refractivity contribution in [3.05, 3.63) is 139 Å². The van der Waals surface area contributed by atoms with Crippen LogP contribution in [0, 0.1) is 32.1 Å². The van der Waals surface area contributed by atoms with Crippen LogP contribution in [-0.2, 0) is 9.59 Å². The molecule has 2 bridgehead atoms. The first-order chi connectivity index (χ1) is 20.3. The van der Waals surface area contributed by atoms with Gasteiger partial charge in [-0.1, -0.05) is 48.5 Å². The largest absolute Gasteiger partial charge is 0.450 e. The first-order valence-corrected chi connectivity index (χ1v) is 13.1. The Bertz CT molecular complexity index is 1740. The van der Waals surface area contributed by atoms with Gasteiger partial charge in [-0.25, -0.2) is 0 Å². The lowest BCUT2D eigenvalue weighted by molar-refractivity contribution is -0.394. The van der Waals surface area contributed by atoms with Crippen molar-refractivity contribution < 1.29 is 24.2 Å². The quantitative estimate of drug-likeness (QED) is 0.131. The number of nitro benzene ring substituents is 2. The zero-order valence-electron chi connectivity index (χ0n) is 21.7. The van der Waals surface area contributed by atoms with Gasteiger partial charge in [0.2, 0.25) is 5.75 Å². The van der Waals surface area contributed by atoms with Gasteiger partial charge in [-0.05, 0) is 58.1 Å². The monoisotopic (exact) mass is 560 g/mol. The fraction of sp³-hybridized carbons (Fsp3) is 0.129. The fourth-order valence-corrected chi connectivity index (χ4v) is 6.50. The molecule has 4 aromatic rings. The number of carbonyl (C=O) groups excluding carboxylic acids is 2. The van der Waals surface area contributed by atoms with Crippen LogP contribution in [0.2, 0.25) is 0 Å². The number of amides is 2. The molecule has 0 N–H and O–H groups in total. The summed E-state index contributed by atoms with van der Waals surface area (Å²) in [7, 11) is 0. The number of imide groups is 1. The van der Waals surface area contributed by atoms with Gasteiger partial charge in [0.25, 0.3) is 17.5 Å². The molecule has 0 radical (unpaired) electrons. The molecule has 1 fully saturated rings. The molecule has 0 unspecified atom stereocenters. The zero-order valence-corrected chi connectivity index (χ0v) is 21.7. The highest BCUT2D eigenvalue weighted by Gasteiger charge is 2.61. The molecule has 3 aliphatic carbocycles. The lowest BCUT2D eigenvalue weighted by atomic mass is 9.55. The lowest BCUT2D eigenvalue weighted by Gasteiger charge is -2.45. The molecular formula is C31H20N4O7. The third-order valence-corrected chi connectivity index (χ3v) is 8.21. The van der Waals surface area contributed by atoms with Crippen LogP contribution >= 0.6 is 0 Å². The molecule has 2 atom stereocenters. The van der Waals surface area contributed by atoms with Crippen molar-refractivity contribution in [3.63, 3.8) is 0 Å². The summed E-state index contributed by atoms with van der Waals surface area (Å²) in [6.07, 6.45) is 1.41. The van der Waals surface area contributed by atoms with Crippen molar-refractivity contribution in [2.45, 2.75) is 11.8 Å². The van der Waals surface area contributed by atoms with E-state index in [1.807, 2.05) is 48.5 Å². The van der Waals surface area contributed by atoms with Crippen LogP contribution < -0.4 is 4.74 Å². The molecule has 11 heteroatoms. The summed E-state index contributed by atoms with van der Waals surface area (Å²) in [5.41, 5.74) is 3.92. The maximum Gasteiger partial charge on any atom is 0.318 e. The van der Waals surface area contributed by atoms with Gasteiger partial charge in [0.1, 0.15) is 5.75 Å². The highest BCUT2D eigenvalue weighted by Crippen LogP contribution is 2.61. The average molecular weight is 561 g/mol. The summed E-state index contributed by atoms with van der Waals surface area (Å²) in [6.45, 7) is 0. The average Bonchev–Trinajstić information content (AvgIpc) is 3.26. The van der Waals surface area contributed by atoms with Gasteiger partial charge in [0.15, 0.2) is 0 Å². The molecule has 1 aliphatic heterocycles. The number of hydrogen-bond acceptors (Lipinski definition) is 8. The molecule has 42 heavy (non-hydrogen) atoms. The first kappa shape index (κ1) is 25.3. The number of non-ortho nitro benzene ring substituents is 1. The summed E-state index contributed by atoms with van der Waals surface area (Å²) in [4.78, 5) is 48.2. The molecule has 206 valence electrons. The number of nitro groups is 2. The highest BCUT2D eigenvalue weighted by molar-refractivity contribution is 6.08. The minimum Gasteiger partial charge on any atom is -0.450 e. The van der Waals surface area contributed by atoms with Gasteiger partial charge < -0.3 is 4.74 Å². The molecule has 0 spiro atoms. The lowest BCUT2D eigenvalue weighted by Crippen LogP contribution is -2.41. The van der Waals surface area contributed by atoms with Gasteiger partial charge >= 0.3 is 5.69 Å². The Kier molecular flexibility index (Phi) is 5.68. The van der Waals surface area contributed by atoms with Crippen molar-refractivity contribution >= 4 is 29.4 Å². The molecule has 0 saturated carbocycles. The van der Waals surface area contributed by atoms with E-state index in [9.17, 15) is 29.8 Å². The normalized spacial score (nSPS) is 21.7. The van der Waals surface area contributed by atoms with E-state index in [1.165, 1.54) is 24.4 Å². The number of hydrazone groups is 1. The van der Waals surface area contributed by atoms with E-state index < -0.39 is 33.1 Å². The number of nitrogens with zero attached hydrogens (tertiary/aromatic N) is 4. The minimum absolute atomic E-state index is 0.153. The molecule has 0 aromatic heterocycles. The van der Waals surface area contributed by atoms with Crippen LogP contribution in [-0.4, -0.2) is 32.9 Å². The molecule has 2 amide bonds. The Morgan fingerprint density at radius 2 is 1.24 bits per heavy atom. The molecule has 8 rings (SSSR count). The van der Waals surface area contributed by atoms with Crippen molar-refractivity contribution in [1.82, 2.24) is 5.01 Å². The van der Waals surface area contributed by atoms with Crippen LogP contribution in [0.1, 0.15) is 39.7 Å². The summed E-state index contributed by atoms with van der Waals surface area (Å²) >= 11 is 0. The topological polar surface area (TPSA) is 145 Å². The van der Waals surface area contributed by atoms with Gasteiger partial charge in [0.05, 0.1) is 34.0 Å². The Balaban J connectivity index is 1.13. The Morgan fingerprint density at radius 1 is 0.714 bits per heavy atom. The summed E-state index contributed by atoms with van der Waals surface area (Å²) in [5, 5.41) is 27.7. The standard InChI is InChI=1S/C31H20N4O7/c36-30-28-26-20-5-1-2-6-21(20)27(23-8-4-3-7-22(23)26)29(28)31(37)33(30)32-16-17-9-12-19(13-10-17)42-25-14-11-18(34(38)39)15-24(25)35(40)41/h1-16,26-29H/b32-16-/t26?,27?,28-,29-/m1/s1. The number of carbonyl (C=O) groups is 2. The minimum atomic E-state index is -0.756. The van der Waals surface area contributed by atoms with Gasteiger partial charge in [-0.3, -0.25) is 29.8 Å². The van der Waals surface area contributed by atoms with Gasteiger partial charge in [0, 0.05) is 17.9 Å². The zero-order chi connectivity index (χ0) is 29.1. The smallest absolute Gasteiger partial charge is 0.318 e. The van der Waals surface area contributed by atoms with Gasteiger partial charge in [-0.2, -0.15) is 10.1 Å². The van der Waals surface area contributed by atoms with E-state index in [0.29, 0.717) is 5.56 Å². The molecule has 4 aromatic carbocycles. The van der Waals surface area contributed by atoms with E-state index >= 15 is 0 Å². The molecule has 1 heterocycles. The second kappa shape index (κ2) is 9.44. The summed E-state index contributed by atoms with van der Waals surface area (Å²) in [6, 6.07) is 25.4. The maximum atomic E-state index is 13.7. The molecule has 1 saturated heterocycles. The number of ether oxygens (including phenoxy) is 1. The van der Waals surface area contributed by atoms with E-state index in [-0.39, 0.29) is 35.1 Å². The Labute approximate surface area is 238 Å². The van der Waals surface area contributed by atoms with E-state index in [0.717, 1.165) is 39.4 Å². The molecule has 11 nitrogen and oxygen atoms in total. The van der Waals surface area contributed by atoms with E-state index in [2.05, 4.69) is 5.10 Å². The Hall–Kier alpha value is -5.71. The van der Waals surface area contributed by atoms with Crippen molar-refractivity contribution in [2.75, 3.05) is 0 Å². The third kappa shape index (κ3) is 3.78. The third-order valence-electron chi connectivity index (χ3n) is 8.21. The molecule has 4 aliphatic rings. The molecular weight excluding hydrogens is 540 g/mol. The van der Waals surface area contributed by atoms with Crippen LogP contribution in [0.5, 0.6) is 11.5 Å². The number of rotatable bonds is 6. The summed E-state index contributed by atoms with van der Waals surface area (Å²) in [5.74, 6) is -2.06. The first-order valence-electron chi connectivity index (χ1n) is 13.1. The highest BCUT2D eigenvalue weighted by atomic mass is 16.6. The van der Waals surface area contributed by atoms with Crippen LogP contribution in [0.4, 0.5) is 11.4 Å². The van der Waals surface area contributed by atoms with Gasteiger partial charge in [-0.15, -0.1) is 0 Å². The van der Waals surface area contributed by atoms with Crippen LogP contribution in [0.15, 0.2) is 96.1 Å². The maximum absolute atomic E-state index is 13.7. The summed E-state index contributed by atoms with van der Waals surface area (Å²) < 4.78 is 5.60. The van der Waals surface area contributed by atoms with E-state index in [4.69, 9.17) is 4.74 Å². The number of benzene rings is 4. The fourth-order valence-electron chi connectivity index (χ4n) is 6.50. The van der Waals surface area contributed by atoms with Crippen molar-refractivity contribution in [3.8, 4) is 11.5 Å². The second-order valence-electron chi connectivity index (χ2n) is 10.3. The second-order valence-corrected chi connectivity index (χ2v) is 10.3. The predicted molar refractivity (Wildman–Crippen MR) is 149 cm³/mol. The number of hydrogen-bond donors (Lipinski definition) is 0. The SMILES string of the molecule is O=C1[C@@H]2C3c4ccccc4C(c4ccccc43)[C@H]2C(=O)N1/N=C\c1ccc(Oc2ccc([N+](=O)[O-])cc2[N+](=O)[O-])cc1. The van der Waals surface area contributed by atoms with Crippen molar-refractivity contribution in [1.29, 1.82) is 0 Å².